The van der Waals surface area contributed by atoms with Crippen LogP contribution in [0.4, 0.5) is 0 Å². The lowest BCUT2D eigenvalue weighted by molar-refractivity contribution is 0.132. The maximum absolute atomic E-state index is 5.37. The van der Waals surface area contributed by atoms with E-state index in [4.69, 9.17) is 4.84 Å². The topological polar surface area (TPSA) is 21.6 Å². The molecular weight excluding hydrogens is 282 g/mol. The normalized spacial score (nSPS) is 10.8. The van der Waals surface area contributed by atoms with Crippen LogP contribution in [-0.2, 0) is 11.4 Å². The maximum atomic E-state index is 5.37. The van der Waals surface area contributed by atoms with Crippen LogP contribution in [0.15, 0.2) is 84.0 Å². The summed E-state index contributed by atoms with van der Waals surface area (Å²) in [4.78, 5) is 5.37. The molecule has 0 spiro atoms. The third kappa shape index (κ3) is 4.30. The van der Waals surface area contributed by atoms with Crippen molar-refractivity contribution in [1.29, 1.82) is 0 Å². The quantitative estimate of drug-likeness (QED) is 0.475. The van der Waals surface area contributed by atoms with Crippen molar-refractivity contribution in [2.24, 2.45) is 5.16 Å². The van der Waals surface area contributed by atoms with Crippen molar-refractivity contribution >= 4 is 6.21 Å². The Morgan fingerprint density at radius 1 is 0.826 bits per heavy atom. The highest BCUT2D eigenvalue weighted by atomic mass is 16.6. The van der Waals surface area contributed by atoms with Gasteiger partial charge in [0.25, 0.3) is 0 Å². The second kappa shape index (κ2) is 7.41. The molecule has 2 nitrogen and oxygen atoms in total. The summed E-state index contributed by atoms with van der Waals surface area (Å²) in [5.41, 5.74) is 5.56. The molecule has 1 radical (unpaired) electrons. The summed E-state index contributed by atoms with van der Waals surface area (Å²) >= 11 is 0. The van der Waals surface area contributed by atoms with Crippen LogP contribution in [0.5, 0.6) is 0 Å². The summed E-state index contributed by atoms with van der Waals surface area (Å²) in [6.07, 6.45) is 2.90. The molecule has 0 aliphatic heterocycles. The van der Waals surface area contributed by atoms with Gasteiger partial charge in [-0.05, 0) is 35.7 Å². The van der Waals surface area contributed by atoms with Gasteiger partial charge < -0.3 is 4.84 Å². The highest BCUT2D eigenvalue weighted by Crippen LogP contribution is 2.20. The van der Waals surface area contributed by atoms with Gasteiger partial charge in [-0.2, -0.15) is 0 Å². The second-order valence-corrected chi connectivity index (χ2v) is 5.41. The first kappa shape index (κ1) is 15.0. The molecular formula is C21H18NO. The van der Waals surface area contributed by atoms with E-state index in [1.165, 1.54) is 16.7 Å². The first-order chi connectivity index (χ1) is 11.3. The average Bonchev–Trinajstić information content (AvgIpc) is 2.60. The van der Waals surface area contributed by atoms with E-state index >= 15 is 0 Å². The molecule has 0 amide bonds. The van der Waals surface area contributed by atoms with Gasteiger partial charge in [0.2, 0.25) is 0 Å². The number of aryl methyl sites for hydroxylation is 1. The van der Waals surface area contributed by atoms with Crippen molar-refractivity contribution in [1.82, 2.24) is 0 Å². The van der Waals surface area contributed by atoms with Crippen molar-refractivity contribution in [2.45, 2.75) is 13.5 Å². The minimum Gasteiger partial charge on any atom is -0.390 e. The van der Waals surface area contributed by atoms with Crippen LogP contribution in [0.3, 0.4) is 0 Å². The predicted octanol–water partition coefficient (Wildman–Crippen LogP) is 5.09. The van der Waals surface area contributed by atoms with Crippen molar-refractivity contribution < 1.29 is 4.84 Å². The lowest BCUT2D eigenvalue weighted by Gasteiger charge is -2.04. The first-order valence-corrected chi connectivity index (χ1v) is 7.60. The van der Waals surface area contributed by atoms with Crippen LogP contribution < -0.4 is 0 Å². The monoisotopic (exact) mass is 300 g/mol. The summed E-state index contributed by atoms with van der Waals surface area (Å²) in [5.74, 6) is 0. The third-order valence-corrected chi connectivity index (χ3v) is 3.52. The van der Waals surface area contributed by atoms with Gasteiger partial charge in [0, 0.05) is 5.56 Å². The molecule has 0 heterocycles. The predicted molar refractivity (Wildman–Crippen MR) is 94.4 cm³/mol. The van der Waals surface area contributed by atoms with Gasteiger partial charge in [-0.1, -0.05) is 77.4 Å². The Labute approximate surface area is 137 Å². The molecule has 0 unspecified atom stereocenters. The van der Waals surface area contributed by atoms with Crippen molar-refractivity contribution in [2.75, 3.05) is 0 Å². The van der Waals surface area contributed by atoms with Gasteiger partial charge in [-0.15, -0.1) is 0 Å². The molecule has 0 aromatic heterocycles. The Morgan fingerprint density at radius 2 is 1.61 bits per heavy atom. The van der Waals surface area contributed by atoms with Crippen LogP contribution in [0.25, 0.3) is 11.1 Å². The zero-order valence-electron chi connectivity index (χ0n) is 13.1. The summed E-state index contributed by atoms with van der Waals surface area (Å²) in [5, 5.41) is 3.93. The van der Waals surface area contributed by atoms with Gasteiger partial charge in [0.1, 0.15) is 12.8 Å². The van der Waals surface area contributed by atoms with E-state index in [0.29, 0.717) is 6.61 Å². The third-order valence-electron chi connectivity index (χ3n) is 3.52. The molecule has 0 fully saturated rings. The van der Waals surface area contributed by atoms with Crippen LogP contribution in [0, 0.1) is 6.92 Å². The SMILES string of the molecule is Cc1cccc(/[C]=N\OCc2cccc(-c3ccccc3)c2)c1. The van der Waals surface area contributed by atoms with Crippen LogP contribution in [0.1, 0.15) is 16.7 Å². The van der Waals surface area contributed by atoms with E-state index in [1.54, 1.807) is 0 Å². The van der Waals surface area contributed by atoms with E-state index in [0.717, 1.165) is 11.1 Å². The fourth-order valence-electron chi connectivity index (χ4n) is 2.38. The summed E-state index contributed by atoms with van der Waals surface area (Å²) < 4.78 is 0. The zero-order valence-corrected chi connectivity index (χ0v) is 13.1. The summed E-state index contributed by atoms with van der Waals surface area (Å²) in [6.45, 7) is 2.47. The smallest absolute Gasteiger partial charge is 0.142 e. The Bertz CT molecular complexity index is 794. The molecule has 0 saturated carbocycles. The fourth-order valence-corrected chi connectivity index (χ4v) is 2.38. The van der Waals surface area contributed by atoms with Gasteiger partial charge >= 0.3 is 0 Å². The molecule has 3 rings (SSSR count). The molecule has 0 atom stereocenters. The van der Waals surface area contributed by atoms with Gasteiger partial charge in [-0.3, -0.25) is 0 Å². The van der Waals surface area contributed by atoms with Crippen molar-refractivity contribution in [3.05, 3.63) is 95.6 Å². The average molecular weight is 300 g/mol. The molecule has 0 aliphatic carbocycles. The van der Waals surface area contributed by atoms with Crippen LogP contribution in [-0.4, -0.2) is 6.21 Å². The molecule has 0 bridgehead atoms. The summed E-state index contributed by atoms with van der Waals surface area (Å²) in [7, 11) is 0. The van der Waals surface area contributed by atoms with E-state index in [1.807, 2.05) is 61.5 Å². The Morgan fingerprint density at radius 3 is 2.43 bits per heavy atom. The Hall–Kier alpha value is -2.87. The lowest BCUT2D eigenvalue weighted by Crippen LogP contribution is -1.89. The summed E-state index contributed by atoms with van der Waals surface area (Å²) in [6, 6.07) is 26.6. The molecule has 23 heavy (non-hydrogen) atoms. The van der Waals surface area contributed by atoms with Gasteiger partial charge in [0.15, 0.2) is 0 Å². The van der Waals surface area contributed by atoms with Crippen molar-refractivity contribution in [3.63, 3.8) is 0 Å². The molecule has 3 aromatic carbocycles. The van der Waals surface area contributed by atoms with Gasteiger partial charge in [-0.25, -0.2) is 0 Å². The number of rotatable bonds is 5. The van der Waals surface area contributed by atoms with Crippen molar-refractivity contribution in [3.8, 4) is 11.1 Å². The fraction of sp³-hybridized carbons (Fsp3) is 0.0952. The highest BCUT2D eigenvalue weighted by Gasteiger charge is 1.99. The minimum atomic E-state index is 0.430. The number of nitrogens with zero attached hydrogens (tertiary/aromatic N) is 1. The largest absolute Gasteiger partial charge is 0.390 e. The van der Waals surface area contributed by atoms with E-state index in [-0.39, 0.29) is 0 Å². The molecule has 0 saturated heterocycles. The number of hydrogen-bond acceptors (Lipinski definition) is 2. The second-order valence-electron chi connectivity index (χ2n) is 5.41. The minimum absolute atomic E-state index is 0.430. The van der Waals surface area contributed by atoms with E-state index in [9.17, 15) is 0 Å². The van der Waals surface area contributed by atoms with Crippen LogP contribution in [0.2, 0.25) is 0 Å². The molecule has 0 aliphatic rings. The molecule has 3 aromatic rings. The molecule has 2 heteroatoms. The Balaban J connectivity index is 1.63. The molecule has 113 valence electrons. The Kier molecular flexibility index (Phi) is 4.85. The van der Waals surface area contributed by atoms with E-state index < -0.39 is 0 Å². The number of benzene rings is 3. The number of hydrogen-bond donors (Lipinski definition) is 0. The van der Waals surface area contributed by atoms with Gasteiger partial charge in [0.05, 0.1) is 0 Å². The standard InChI is InChI=1S/C21H18NO/c1-17-7-5-8-18(13-17)15-22-23-16-19-9-6-12-21(14-19)20-10-3-2-4-11-20/h2-14H,16H2,1H3. The van der Waals surface area contributed by atoms with E-state index in [2.05, 4.69) is 35.6 Å². The lowest BCUT2D eigenvalue weighted by atomic mass is 10.0. The first-order valence-electron chi connectivity index (χ1n) is 7.60. The highest BCUT2D eigenvalue weighted by molar-refractivity contribution is 5.79. The zero-order chi connectivity index (χ0) is 15.9. The van der Waals surface area contributed by atoms with Crippen LogP contribution >= 0.6 is 0 Å². The maximum Gasteiger partial charge on any atom is 0.142 e. The molecule has 0 N–H and O–H groups in total.